The van der Waals surface area contributed by atoms with E-state index >= 15 is 0 Å². The lowest BCUT2D eigenvalue weighted by molar-refractivity contribution is 0.355. The summed E-state index contributed by atoms with van der Waals surface area (Å²) < 4.78 is 48.2. The molecule has 10 heteroatoms. The van der Waals surface area contributed by atoms with Crippen LogP contribution in [0.2, 0.25) is 0 Å². The molecule has 10 nitrogen and oxygen atoms in total. The maximum atomic E-state index is 6.18. The number of hydrogen-bond acceptors (Lipinski definition) is 10. The molecule has 0 atom stereocenters. The zero-order valence-corrected chi connectivity index (χ0v) is 31.5. The number of likely N-dealkylation sites (N-methyl/N-ethyl adjacent to an activating group) is 2. The van der Waals surface area contributed by atoms with Crippen LogP contribution < -0.4 is 47.7 Å². The van der Waals surface area contributed by atoms with Gasteiger partial charge in [-0.3, -0.25) is 0 Å². The van der Waals surface area contributed by atoms with Gasteiger partial charge in [-0.05, 0) is 81.9 Å². The first-order valence-electron chi connectivity index (χ1n) is 17.3. The van der Waals surface area contributed by atoms with E-state index in [-0.39, 0.29) is 0 Å². The predicted octanol–water partition coefficient (Wildman–Crippen LogP) is 8.02. The third-order valence-electron chi connectivity index (χ3n) is 11.0. The smallest absolute Gasteiger partial charge is 0.169 e. The molecule has 2 heterocycles. The number of ether oxygens (including phenoxy) is 8. The Morgan fingerprint density at radius 3 is 1.02 bits per heavy atom. The summed E-state index contributed by atoms with van der Waals surface area (Å²) in [4.78, 5) is 4.74. The van der Waals surface area contributed by atoms with Gasteiger partial charge >= 0.3 is 0 Å². The van der Waals surface area contributed by atoms with Crippen LogP contribution in [0.15, 0.2) is 36.4 Å². The zero-order valence-electron chi connectivity index (χ0n) is 31.5. The van der Waals surface area contributed by atoms with E-state index in [4.69, 9.17) is 37.9 Å². The molecule has 0 N–H and O–H groups in total. The number of benzene rings is 6. The van der Waals surface area contributed by atoms with Crippen molar-refractivity contribution in [3.05, 3.63) is 47.5 Å². The molecule has 52 heavy (non-hydrogen) atoms. The van der Waals surface area contributed by atoms with E-state index in [2.05, 4.69) is 60.3 Å². The fourth-order valence-corrected chi connectivity index (χ4v) is 8.70. The maximum absolute atomic E-state index is 6.18. The van der Waals surface area contributed by atoms with Crippen molar-refractivity contribution in [3.8, 4) is 57.1 Å². The molecule has 0 radical (unpaired) electrons. The predicted molar refractivity (Wildman–Crippen MR) is 208 cm³/mol. The third kappa shape index (κ3) is 4.49. The van der Waals surface area contributed by atoms with Gasteiger partial charge in [-0.25, -0.2) is 0 Å². The maximum Gasteiger partial charge on any atom is 0.169 e. The highest BCUT2D eigenvalue weighted by atomic mass is 16.5. The first-order chi connectivity index (χ1) is 25.3. The van der Waals surface area contributed by atoms with Gasteiger partial charge in [-0.1, -0.05) is 0 Å². The van der Waals surface area contributed by atoms with Crippen LogP contribution in [0.1, 0.15) is 11.1 Å². The van der Waals surface area contributed by atoms with E-state index in [1.165, 1.54) is 11.1 Å². The largest absolute Gasteiger partial charge is 0.493 e. The summed E-state index contributed by atoms with van der Waals surface area (Å²) in [5.41, 5.74) is 6.73. The molecule has 0 aromatic heterocycles. The first kappa shape index (κ1) is 33.5. The fraction of sp³-hybridized carbons (Fsp3) is 0.333. The average Bonchev–Trinajstić information content (AvgIpc) is 3.18. The molecule has 6 aromatic carbocycles. The molecule has 2 aliphatic rings. The van der Waals surface area contributed by atoms with Gasteiger partial charge in [0.15, 0.2) is 46.0 Å². The van der Waals surface area contributed by atoms with Crippen molar-refractivity contribution in [2.75, 3.05) is 93.9 Å². The Hall–Kier alpha value is -5.64. The highest BCUT2D eigenvalue weighted by Crippen LogP contribution is 2.59. The Morgan fingerprint density at radius 1 is 0.385 bits per heavy atom. The molecule has 0 spiro atoms. The van der Waals surface area contributed by atoms with Crippen LogP contribution in [0.5, 0.6) is 46.0 Å². The van der Waals surface area contributed by atoms with E-state index in [0.29, 0.717) is 46.0 Å². The Kier molecular flexibility index (Phi) is 8.08. The number of rotatable bonds is 9. The monoisotopic (exact) mass is 704 g/mol. The standard InChI is InChI=1S/C42H44N2O8/c1-43-13-11-21-15-31(49-7)41(51-9)37-25-19-29(47-5)27(45-3)17-23(25)35(39(43)33(21)37)36-24-18-28(46-4)30(48-6)20-26(24)38-34-22(12-14-44(2)40(34)36)16-32(50-8)42(38)52-10/h15-20H,11-14H2,1-10H3. The van der Waals surface area contributed by atoms with Crippen LogP contribution in [0.4, 0.5) is 11.4 Å². The van der Waals surface area contributed by atoms with Gasteiger partial charge in [-0.15, -0.1) is 0 Å². The van der Waals surface area contributed by atoms with E-state index in [1.807, 2.05) is 0 Å². The summed E-state index contributed by atoms with van der Waals surface area (Å²) in [6, 6.07) is 12.6. The average molecular weight is 705 g/mol. The van der Waals surface area contributed by atoms with E-state index in [1.54, 1.807) is 56.9 Å². The molecule has 8 rings (SSSR count). The second-order valence-corrected chi connectivity index (χ2v) is 13.3. The third-order valence-corrected chi connectivity index (χ3v) is 11.0. The Labute approximate surface area is 303 Å². The lowest BCUT2D eigenvalue weighted by Crippen LogP contribution is -2.27. The van der Waals surface area contributed by atoms with Crippen molar-refractivity contribution in [1.29, 1.82) is 0 Å². The lowest BCUT2D eigenvalue weighted by Gasteiger charge is -2.36. The summed E-state index contributed by atoms with van der Waals surface area (Å²) in [6.45, 7) is 1.63. The molecule has 0 aliphatic carbocycles. The van der Waals surface area contributed by atoms with Gasteiger partial charge < -0.3 is 47.7 Å². The molecule has 6 aromatic rings. The molecule has 0 unspecified atom stereocenters. The second kappa shape index (κ2) is 12.5. The fourth-order valence-electron chi connectivity index (χ4n) is 8.70. The highest BCUT2D eigenvalue weighted by molar-refractivity contribution is 6.32. The van der Waals surface area contributed by atoms with Gasteiger partial charge in [0.2, 0.25) is 0 Å². The van der Waals surface area contributed by atoms with E-state index in [0.717, 1.165) is 91.5 Å². The van der Waals surface area contributed by atoms with Crippen molar-refractivity contribution in [1.82, 2.24) is 0 Å². The summed E-state index contributed by atoms with van der Waals surface area (Å²) in [6.07, 6.45) is 1.69. The van der Waals surface area contributed by atoms with Crippen molar-refractivity contribution in [2.45, 2.75) is 12.8 Å². The van der Waals surface area contributed by atoms with Crippen LogP contribution in [-0.4, -0.2) is 84.1 Å². The summed E-state index contributed by atoms with van der Waals surface area (Å²) in [5, 5.41) is 8.07. The number of hydrogen-bond donors (Lipinski definition) is 0. The molecule has 2 aliphatic heterocycles. The van der Waals surface area contributed by atoms with Crippen molar-refractivity contribution in [2.24, 2.45) is 0 Å². The van der Waals surface area contributed by atoms with Gasteiger partial charge in [0.1, 0.15) is 0 Å². The number of fused-ring (bicyclic) bond motifs is 4. The van der Waals surface area contributed by atoms with Crippen LogP contribution in [0.25, 0.3) is 54.2 Å². The van der Waals surface area contributed by atoms with Crippen molar-refractivity contribution < 1.29 is 37.9 Å². The molecule has 0 saturated heterocycles. The minimum Gasteiger partial charge on any atom is -0.493 e. The molecule has 270 valence electrons. The summed E-state index contributed by atoms with van der Waals surface area (Å²) in [7, 11) is 17.8. The number of anilines is 2. The Morgan fingerprint density at radius 2 is 0.712 bits per heavy atom. The molecule has 0 saturated carbocycles. The van der Waals surface area contributed by atoms with E-state index in [9.17, 15) is 0 Å². The van der Waals surface area contributed by atoms with Crippen LogP contribution in [0, 0.1) is 0 Å². The van der Waals surface area contributed by atoms with Crippen LogP contribution in [0.3, 0.4) is 0 Å². The molecule has 0 amide bonds. The topological polar surface area (TPSA) is 80.3 Å². The minimum absolute atomic E-state index is 0.624. The summed E-state index contributed by atoms with van der Waals surface area (Å²) >= 11 is 0. The quantitative estimate of drug-likeness (QED) is 0.138. The van der Waals surface area contributed by atoms with Crippen molar-refractivity contribution in [3.63, 3.8) is 0 Å². The van der Waals surface area contributed by atoms with E-state index < -0.39 is 0 Å². The normalized spacial score (nSPS) is 13.6. The van der Waals surface area contributed by atoms with Gasteiger partial charge in [-0.2, -0.15) is 0 Å². The number of methoxy groups -OCH3 is 8. The minimum atomic E-state index is 0.624. The van der Waals surface area contributed by atoms with Crippen LogP contribution in [-0.2, 0) is 12.8 Å². The Balaban J connectivity index is 1.73. The second-order valence-electron chi connectivity index (χ2n) is 13.3. The molecular formula is C42H44N2O8. The van der Waals surface area contributed by atoms with Gasteiger partial charge in [0.25, 0.3) is 0 Å². The molecular weight excluding hydrogens is 660 g/mol. The zero-order chi connectivity index (χ0) is 36.6. The molecule has 0 fully saturated rings. The summed E-state index contributed by atoms with van der Waals surface area (Å²) in [5.74, 6) is 5.24. The SMILES string of the molecule is COc1cc2c(-c3c4c5c(cc(OC)c(OC)c5c5cc(OC)c(OC)cc35)CCN4C)c3c4c(cc(OC)c(OC)c4c2cc1OC)CCN3C. The highest BCUT2D eigenvalue weighted by Gasteiger charge is 2.35. The van der Waals surface area contributed by atoms with Crippen molar-refractivity contribution >= 4 is 54.5 Å². The van der Waals surface area contributed by atoms with Crippen LogP contribution >= 0.6 is 0 Å². The Bertz CT molecular complexity index is 2290. The van der Waals surface area contributed by atoms with Gasteiger partial charge in [0, 0.05) is 59.9 Å². The first-order valence-corrected chi connectivity index (χ1v) is 17.3. The lowest BCUT2D eigenvalue weighted by atomic mass is 9.80. The molecule has 0 bridgehead atoms. The number of nitrogens with zero attached hydrogens (tertiary/aromatic N) is 2. The van der Waals surface area contributed by atoms with Gasteiger partial charge in [0.05, 0.1) is 68.3 Å².